The van der Waals surface area contributed by atoms with Crippen LogP contribution in [-0.4, -0.2) is 67.2 Å². The van der Waals surface area contributed by atoms with Crippen molar-refractivity contribution in [2.45, 2.75) is 59.3 Å². The predicted molar refractivity (Wildman–Crippen MR) is 132 cm³/mol. The average Bonchev–Trinajstić information content (AvgIpc) is 3.30. The van der Waals surface area contributed by atoms with Crippen LogP contribution in [0.2, 0.25) is 0 Å². The quantitative estimate of drug-likeness (QED) is 0.178. The molecule has 180 valence electrons. The molecule has 1 aromatic carbocycles. The molecule has 0 aliphatic carbocycles. The average molecular weight is 564 g/mol. The van der Waals surface area contributed by atoms with E-state index < -0.39 is 0 Å². The number of fused-ring (bicyclic) bond motifs is 1. The van der Waals surface area contributed by atoms with E-state index in [-0.39, 0.29) is 0 Å². The molecule has 0 atom stereocenters. The van der Waals surface area contributed by atoms with E-state index >= 15 is 0 Å². The van der Waals surface area contributed by atoms with Crippen molar-refractivity contribution < 1.29 is 23.9 Å². The zero-order chi connectivity index (χ0) is 25.0. The van der Waals surface area contributed by atoms with E-state index in [0.29, 0.717) is 26.4 Å². The number of isocyanates is 3. The number of hydrogen-bond acceptors (Lipinski definition) is 8. The van der Waals surface area contributed by atoms with E-state index in [1.54, 1.807) is 0 Å². The SMILES string of the molecule is CCCCN=C=O.CCCCN=C=O.CCCCN=C=O.[SnH]/[CH]=C/c1ccc2c(c1)OCO2. The van der Waals surface area contributed by atoms with Crippen LogP contribution in [0.25, 0.3) is 6.08 Å². The monoisotopic (exact) mass is 565 g/mol. The van der Waals surface area contributed by atoms with Gasteiger partial charge in [0.1, 0.15) is 0 Å². The van der Waals surface area contributed by atoms with Crippen molar-refractivity contribution in [2.75, 3.05) is 26.4 Å². The number of hydrogen-bond donors (Lipinski definition) is 0. The van der Waals surface area contributed by atoms with Crippen molar-refractivity contribution in [3.8, 4) is 11.5 Å². The van der Waals surface area contributed by atoms with Gasteiger partial charge in [-0.25, -0.2) is 29.4 Å². The van der Waals surface area contributed by atoms with Gasteiger partial charge in [0.05, 0.1) is 19.6 Å². The van der Waals surface area contributed by atoms with Crippen molar-refractivity contribution in [1.82, 2.24) is 0 Å². The summed E-state index contributed by atoms with van der Waals surface area (Å²) in [4.78, 5) is 38.2. The summed E-state index contributed by atoms with van der Waals surface area (Å²) in [6, 6.07) is 5.97. The van der Waals surface area contributed by atoms with E-state index in [1.165, 1.54) is 23.8 Å². The molecule has 1 aromatic rings. The summed E-state index contributed by atoms with van der Waals surface area (Å²) >= 11 is 1.14. The first kappa shape index (κ1) is 32.7. The molecular weight excluding hydrogens is 529 g/mol. The van der Waals surface area contributed by atoms with Gasteiger partial charge in [-0.1, -0.05) is 40.0 Å². The van der Waals surface area contributed by atoms with E-state index in [2.05, 4.69) is 45.9 Å². The Labute approximate surface area is 210 Å². The van der Waals surface area contributed by atoms with Crippen molar-refractivity contribution in [3.05, 3.63) is 27.9 Å². The minimum absolute atomic E-state index is 0.350. The molecule has 0 N–H and O–H groups in total. The summed E-state index contributed by atoms with van der Waals surface area (Å²) in [5.74, 6) is 1.70. The van der Waals surface area contributed by atoms with Gasteiger partial charge in [0, 0.05) is 0 Å². The fourth-order valence-electron chi connectivity index (χ4n) is 1.98. The second-order valence-corrected chi connectivity index (χ2v) is 7.55. The molecule has 0 amide bonds. The van der Waals surface area contributed by atoms with Crippen LogP contribution in [0.4, 0.5) is 0 Å². The fraction of sp³-hybridized carbons (Fsp3) is 0.542. The van der Waals surface area contributed by atoms with E-state index in [0.717, 1.165) is 72.5 Å². The standard InChI is InChI=1S/C9H7O2.3C5H9NO.Sn.H/c1-2-7-3-4-8-9(5-7)11-6-10-8;3*1-2-3-4-6-5-7;;/h1-5H,6H2;3*2-4H2,1H3;;. The number of aliphatic imine (C=N–C) groups is 3. The molecule has 0 bridgehead atoms. The van der Waals surface area contributed by atoms with Gasteiger partial charge >= 0.3 is 84.2 Å². The van der Waals surface area contributed by atoms with Gasteiger partial charge in [0.25, 0.3) is 0 Å². The van der Waals surface area contributed by atoms with Crippen LogP contribution in [0.1, 0.15) is 64.9 Å². The molecule has 1 heterocycles. The first-order chi connectivity index (χ1) is 16.1. The Kier molecular flexibility index (Phi) is 27.3. The Morgan fingerprint density at radius 2 is 1.27 bits per heavy atom. The van der Waals surface area contributed by atoms with Crippen molar-refractivity contribution in [3.63, 3.8) is 0 Å². The number of nitrogens with zero attached hydrogens (tertiary/aromatic N) is 3. The molecule has 2 rings (SSSR count). The van der Waals surface area contributed by atoms with Gasteiger partial charge in [0.15, 0.2) is 0 Å². The molecule has 0 aromatic heterocycles. The van der Waals surface area contributed by atoms with Gasteiger partial charge in [-0.15, -0.1) is 0 Å². The Morgan fingerprint density at radius 3 is 1.67 bits per heavy atom. The zero-order valence-corrected chi connectivity index (χ0v) is 23.2. The molecule has 0 saturated heterocycles. The van der Waals surface area contributed by atoms with E-state index in [1.807, 2.05) is 18.2 Å². The van der Waals surface area contributed by atoms with Crippen molar-refractivity contribution >= 4 is 46.8 Å². The summed E-state index contributed by atoms with van der Waals surface area (Å²) in [5.41, 5.74) is 1.17. The number of ether oxygens (including phenoxy) is 2. The molecule has 9 heteroatoms. The number of unbranched alkanes of at least 4 members (excludes halogenated alkanes) is 3. The summed E-state index contributed by atoms with van der Waals surface area (Å²) in [7, 11) is 0. The number of rotatable bonds is 10. The molecule has 0 fully saturated rings. The van der Waals surface area contributed by atoms with Crippen LogP contribution in [0, 0.1) is 0 Å². The van der Waals surface area contributed by atoms with Crippen molar-refractivity contribution in [1.29, 1.82) is 0 Å². The van der Waals surface area contributed by atoms with Crippen LogP contribution >= 0.6 is 0 Å². The first-order valence-electron chi connectivity index (χ1n) is 11.0. The molecule has 0 saturated carbocycles. The van der Waals surface area contributed by atoms with Crippen molar-refractivity contribution in [2.24, 2.45) is 15.0 Å². The third-order valence-electron chi connectivity index (χ3n) is 3.75. The Hall–Kier alpha value is -2.50. The summed E-state index contributed by atoms with van der Waals surface area (Å²) < 4.78 is 12.6. The Morgan fingerprint density at radius 1 is 0.818 bits per heavy atom. The van der Waals surface area contributed by atoms with Crippen LogP contribution in [-0.2, 0) is 14.4 Å². The van der Waals surface area contributed by atoms with Gasteiger partial charge in [0.2, 0.25) is 18.2 Å². The molecule has 8 nitrogen and oxygen atoms in total. The third-order valence-corrected chi connectivity index (χ3v) is 4.30. The molecule has 1 aliphatic rings. The van der Waals surface area contributed by atoms with Crippen LogP contribution < -0.4 is 9.47 Å². The third kappa shape index (κ3) is 22.5. The summed E-state index contributed by atoms with van der Waals surface area (Å²) in [6.45, 7) is 8.43. The fourth-order valence-corrected chi connectivity index (χ4v) is 2.61. The summed E-state index contributed by atoms with van der Waals surface area (Å²) in [5, 5.41) is 0. The number of carbonyl (C=O) groups excluding carboxylic acids is 3. The van der Waals surface area contributed by atoms with E-state index in [9.17, 15) is 14.4 Å². The van der Waals surface area contributed by atoms with Gasteiger partial charge in [-0.2, -0.15) is 0 Å². The minimum atomic E-state index is 0.350. The molecule has 1 aliphatic heterocycles. The predicted octanol–water partition coefficient (Wildman–Crippen LogP) is 4.65. The second kappa shape index (κ2) is 27.5. The first-order valence-corrected chi connectivity index (χ1v) is 12.9. The summed E-state index contributed by atoms with van der Waals surface area (Å²) in [6.07, 6.45) is 12.8. The maximum atomic E-state index is 9.39. The van der Waals surface area contributed by atoms with Crippen LogP contribution in [0.15, 0.2) is 37.3 Å². The van der Waals surface area contributed by atoms with Gasteiger partial charge in [-0.3, -0.25) is 0 Å². The molecule has 33 heavy (non-hydrogen) atoms. The zero-order valence-electron chi connectivity index (χ0n) is 19.9. The number of benzene rings is 1. The van der Waals surface area contributed by atoms with Crippen LogP contribution in [0.5, 0.6) is 11.5 Å². The van der Waals surface area contributed by atoms with Gasteiger partial charge in [-0.05, 0) is 19.3 Å². The maximum absolute atomic E-state index is 9.39. The topological polar surface area (TPSA) is 107 Å². The van der Waals surface area contributed by atoms with Crippen LogP contribution in [0.3, 0.4) is 0 Å². The Balaban J connectivity index is 0. The molecular formula is C24H35N3O5Sn. The molecule has 2 radical (unpaired) electrons. The van der Waals surface area contributed by atoms with Gasteiger partial charge < -0.3 is 0 Å². The molecule has 0 unspecified atom stereocenters. The Bertz CT molecular complexity index is 730. The normalized spacial score (nSPS) is 9.94. The second-order valence-electron chi connectivity index (χ2n) is 6.45. The van der Waals surface area contributed by atoms with E-state index in [4.69, 9.17) is 9.47 Å². The molecule has 0 spiro atoms.